The van der Waals surface area contributed by atoms with E-state index in [4.69, 9.17) is 4.74 Å². The Bertz CT molecular complexity index is 531. The van der Waals surface area contributed by atoms with Gasteiger partial charge in [0.1, 0.15) is 0 Å². The summed E-state index contributed by atoms with van der Waals surface area (Å²) >= 11 is 0. The van der Waals surface area contributed by atoms with E-state index in [1.807, 2.05) is 42.1 Å². The van der Waals surface area contributed by atoms with E-state index in [9.17, 15) is 4.79 Å². The highest BCUT2D eigenvalue weighted by Gasteiger charge is 2.08. The predicted molar refractivity (Wildman–Crippen MR) is 68.0 cm³/mol. The third-order valence-corrected chi connectivity index (χ3v) is 2.70. The Morgan fingerprint density at radius 3 is 2.94 bits per heavy atom. The van der Waals surface area contributed by atoms with Gasteiger partial charge in [-0.15, -0.1) is 0 Å². The van der Waals surface area contributed by atoms with Crippen LogP contribution < -0.4 is 5.32 Å². The number of fused-ring (bicyclic) bond motifs is 1. The first kappa shape index (κ1) is 11.7. The summed E-state index contributed by atoms with van der Waals surface area (Å²) in [5, 5.41) is 3.96. The molecule has 1 amide bonds. The van der Waals surface area contributed by atoms with Gasteiger partial charge in [0.15, 0.2) is 0 Å². The van der Waals surface area contributed by atoms with Gasteiger partial charge < -0.3 is 14.6 Å². The van der Waals surface area contributed by atoms with Gasteiger partial charge in [-0.05, 0) is 6.07 Å². The van der Waals surface area contributed by atoms with Gasteiger partial charge >= 0.3 is 0 Å². The van der Waals surface area contributed by atoms with E-state index >= 15 is 0 Å². The van der Waals surface area contributed by atoms with Gasteiger partial charge in [-0.3, -0.25) is 4.79 Å². The van der Waals surface area contributed by atoms with Crippen LogP contribution in [0.2, 0.25) is 0 Å². The van der Waals surface area contributed by atoms with Crippen LogP contribution in [0.5, 0.6) is 0 Å². The number of nitrogens with zero attached hydrogens (tertiary/aromatic N) is 1. The fourth-order valence-corrected chi connectivity index (χ4v) is 1.85. The number of hydrogen-bond acceptors (Lipinski definition) is 2. The Morgan fingerprint density at radius 1 is 1.41 bits per heavy atom. The molecule has 1 N–H and O–H groups in total. The Kier molecular flexibility index (Phi) is 3.44. The predicted octanol–water partition coefficient (Wildman–Crippen LogP) is 2.15. The second-order valence-corrected chi connectivity index (χ2v) is 3.96. The van der Waals surface area contributed by atoms with E-state index in [1.54, 1.807) is 7.11 Å². The number of methoxy groups -OCH3 is 1. The van der Waals surface area contributed by atoms with Crippen molar-refractivity contribution in [1.82, 2.24) is 4.57 Å². The number of carbonyl (C=O) groups excluding carboxylic acids is 1. The minimum Gasteiger partial charge on any atom is -0.384 e. The molecule has 90 valence electrons. The number of benzene rings is 1. The molecule has 0 saturated heterocycles. The molecule has 0 bridgehead atoms. The first-order valence-electron chi connectivity index (χ1n) is 5.55. The summed E-state index contributed by atoms with van der Waals surface area (Å²) in [6.07, 6.45) is 2.30. The maximum atomic E-state index is 11.6. The summed E-state index contributed by atoms with van der Waals surface area (Å²) in [5.74, 6) is -0.0248. The van der Waals surface area contributed by atoms with Crippen molar-refractivity contribution in [2.45, 2.75) is 6.42 Å². The van der Waals surface area contributed by atoms with Crippen molar-refractivity contribution >= 4 is 22.5 Å². The largest absolute Gasteiger partial charge is 0.384 e. The highest BCUT2D eigenvalue weighted by molar-refractivity contribution is 6.01. The van der Waals surface area contributed by atoms with Crippen LogP contribution in [0.15, 0.2) is 30.5 Å². The quantitative estimate of drug-likeness (QED) is 0.877. The molecule has 1 heterocycles. The number of aromatic nitrogens is 1. The second kappa shape index (κ2) is 5.01. The van der Waals surface area contributed by atoms with Gasteiger partial charge in [-0.25, -0.2) is 0 Å². The van der Waals surface area contributed by atoms with Crippen LogP contribution in [0, 0.1) is 0 Å². The Morgan fingerprint density at radius 2 is 2.18 bits per heavy atom. The maximum Gasteiger partial charge on any atom is 0.226 e. The monoisotopic (exact) mass is 232 g/mol. The van der Waals surface area contributed by atoms with Crippen molar-refractivity contribution in [3.8, 4) is 0 Å². The summed E-state index contributed by atoms with van der Waals surface area (Å²) in [6, 6.07) is 7.98. The van der Waals surface area contributed by atoms with E-state index in [-0.39, 0.29) is 5.91 Å². The van der Waals surface area contributed by atoms with E-state index in [0.29, 0.717) is 13.0 Å². The normalized spacial score (nSPS) is 10.7. The van der Waals surface area contributed by atoms with Gasteiger partial charge in [0.05, 0.1) is 18.7 Å². The van der Waals surface area contributed by atoms with Crippen molar-refractivity contribution in [3.05, 3.63) is 30.5 Å². The zero-order chi connectivity index (χ0) is 12.3. The van der Waals surface area contributed by atoms with Crippen molar-refractivity contribution in [3.63, 3.8) is 0 Å². The van der Waals surface area contributed by atoms with Crippen molar-refractivity contribution in [2.24, 2.45) is 7.05 Å². The second-order valence-electron chi connectivity index (χ2n) is 3.96. The summed E-state index contributed by atoms with van der Waals surface area (Å²) in [7, 11) is 3.55. The van der Waals surface area contributed by atoms with Crippen LogP contribution >= 0.6 is 0 Å². The molecule has 1 aromatic carbocycles. The fourth-order valence-electron chi connectivity index (χ4n) is 1.85. The smallest absolute Gasteiger partial charge is 0.226 e. The number of para-hydroxylation sites is 1. The first-order chi connectivity index (χ1) is 8.22. The number of hydrogen-bond donors (Lipinski definition) is 1. The van der Waals surface area contributed by atoms with Crippen LogP contribution in [0.25, 0.3) is 10.9 Å². The number of aryl methyl sites for hydroxylation is 1. The number of anilines is 1. The van der Waals surface area contributed by atoms with Crippen LogP contribution in [0.1, 0.15) is 6.42 Å². The van der Waals surface area contributed by atoms with E-state index < -0.39 is 0 Å². The minimum atomic E-state index is -0.0248. The van der Waals surface area contributed by atoms with Crippen molar-refractivity contribution < 1.29 is 9.53 Å². The average molecular weight is 232 g/mol. The molecule has 4 heteroatoms. The molecule has 0 fully saturated rings. The average Bonchev–Trinajstić information content (AvgIpc) is 2.65. The molecular formula is C13H16N2O2. The van der Waals surface area contributed by atoms with Crippen LogP contribution in [-0.4, -0.2) is 24.2 Å². The molecule has 0 saturated carbocycles. The van der Waals surface area contributed by atoms with Crippen LogP contribution in [0.3, 0.4) is 0 Å². The Balaban J connectivity index is 2.21. The zero-order valence-corrected chi connectivity index (χ0v) is 10.1. The van der Waals surface area contributed by atoms with Gasteiger partial charge in [-0.1, -0.05) is 18.2 Å². The van der Waals surface area contributed by atoms with Gasteiger partial charge in [-0.2, -0.15) is 0 Å². The zero-order valence-electron chi connectivity index (χ0n) is 10.1. The lowest BCUT2D eigenvalue weighted by Gasteiger charge is -2.02. The molecular weight excluding hydrogens is 216 g/mol. The van der Waals surface area contributed by atoms with Crippen molar-refractivity contribution in [2.75, 3.05) is 19.0 Å². The third kappa shape index (κ3) is 2.47. The summed E-state index contributed by atoms with van der Waals surface area (Å²) in [5.41, 5.74) is 1.96. The molecule has 0 atom stereocenters. The third-order valence-electron chi connectivity index (χ3n) is 2.70. The van der Waals surface area contributed by atoms with Gasteiger partial charge in [0.25, 0.3) is 0 Å². The molecule has 0 aliphatic heterocycles. The summed E-state index contributed by atoms with van der Waals surface area (Å²) < 4.78 is 6.88. The Hall–Kier alpha value is -1.81. The number of nitrogens with one attached hydrogen (secondary N) is 1. The molecule has 4 nitrogen and oxygen atoms in total. The molecule has 0 radical (unpaired) electrons. The lowest BCUT2D eigenvalue weighted by atomic mass is 10.2. The fraction of sp³-hybridized carbons (Fsp3) is 0.308. The van der Waals surface area contributed by atoms with Gasteiger partial charge in [0, 0.05) is 31.3 Å². The molecule has 1 aromatic heterocycles. The number of carbonyl (C=O) groups is 1. The van der Waals surface area contributed by atoms with Crippen LogP contribution in [0.4, 0.5) is 5.69 Å². The van der Waals surface area contributed by atoms with Crippen LogP contribution in [-0.2, 0) is 16.6 Å². The highest BCUT2D eigenvalue weighted by Crippen LogP contribution is 2.24. The molecule has 0 spiro atoms. The standard InChI is InChI=1S/C13H16N2O2/c1-15-9-11(14-13(16)7-8-17-2)10-5-3-4-6-12(10)15/h3-6,9H,7-8H2,1-2H3,(H,14,16). The van der Waals surface area contributed by atoms with Crippen molar-refractivity contribution in [1.29, 1.82) is 0 Å². The molecule has 2 aromatic rings. The highest BCUT2D eigenvalue weighted by atomic mass is 16.5. The minimum absolute atomic E-state index is 0.0248. The lowest BCUT2D eigenvalue weighted by Crippen LogP contribution is -2.13. The topological polar surface area (TPSA) is 43.3 Å². The van der Waals surface area contributed by atoms with E-state index in [0.717, 1.165) is 16.6 Å². The molecule has 0 aliphatic rings. The van der Waals surface area contributed by atoms with E-state index in [2.05, 4.69) is 5.32 Å². The molecule has 0 unspecified atom stereocenters. The Labute approximate surface area is 100 Å². The SMILES string of the molecule is COCCC(=O)Nc1cn(C)c2ccccc12. The molecule has 0 aliphatic carbocycles. The number of ether oxygens (including phenoxy) is 1. The molecule has 2 rings (SSSR count). The lowest BCUT2D eigenvalue weighted by molar-refractivity contribution is -0.117. The van der Waals surface area contributed by atoms with E-state index in [1.165, 1.54) is 0 Å². The number of rotatable bonds is 4. The molecule has 17 heavy (non-hydrogen) atoms. The van der Waals surface area contributed by atoms with Gasteiger partial charge in [0.2, 0.25) is 5.91 Å². The first-order valence-corrected chi connectivity index (χ1v) is 5.55. The summed E-state index contributed by atoms with van der Waals surface area (Å²) in [6.45, 7) is 0.441. The maximum absolute atomic E-state index is 11.6. The number of amides is 1. The summed E-state index contributed by atoms with van der Waals surface area (Å²) in [4.78, 5) is 11.6.